The van der Waals surface area contributed by atoms with E-state index in [-0.39, 0.29) is 24.3 Å². The molecule has 0 saturated heterocycles. The molecule has 0 radical (unpaired) electrons. The normalized spacial score (nSPS) is 12.9. The number of carbonyl (C=O) groups excluding carboxylic acids is 2. The van der Waals surface area contributed by atoms with E-state index >= 15 is 0 Å². The Bertz CT molecular complexity index is 918. The molecule has 0 N–H and O–H groups in total. The molecule has 9 nitrogen and oxygen atoms in total. The number of likely N-dealkylation sites (N-methyl/N-ethyl adjacent to an activating group) is 1. The van der Waals surface area contributed by atoms with Crippen LogP contribution in [0.2, 0.25) is 0 Å². The molecule has 30 heavy (non-hydrogen) atoms. The standard InChI is InChI=1S/C21H23N3O6/c1-2-22(15-16-6-4-3-5-7-16)10-12-29-17-8-9-18-19(14-17)21(26)23(20(18)25)11-13-30-24(27)28/h3-9,14H,2,10-13,15H2,1H3. The molecular formula is C21H23N3O6. The molecule has 2 aromatic rings. The van der Waals surface area contributed by atoms with Gasteiger partial charge in [-0.15, -0.1) is 10.1 Å². The van der Waals surface area contributed by atoms with Gasteiger partial charge in [-0.25, -0.2) is 0 Å². The van der Waals surface area contributed by atoms with Crippen LogP contribution < -0.4 is 4.74 Å². The fourth-order valence-corrected chi connectivity index (χ4v) is 3.25. The Labute approximate surface area is 173 Å². The van der Waals surface area contributed by atoms with E-state index in [0.717, 1.165) is 18.0 Å². The van der Waals surface area contributed by atoms with Crippen molar-refractivity contribution in [1.29, 1.82) is 0 Å². The summed E-state index contributed by atoms with van der Waals surface area (Å²) in [6.07, 6.45) is 0. The molecule has 0 aromatic heterocycles. The molecule has 3 rings (SSSR count). The number of amides is 2. The van der Waals surface area contributed by atoms with Gasteiger partial charge in [-0.1, -0.05) is 37.3 Å². The highest BCUT2D eigenvalue weighted by Gasteiger charge is 2.35. The summed E-state index contributed by atoms with van der Waals surface area (Å²) >= 11 is 0. The summed E-state index contributed by atoms with van der Waals surface area (Å²) in [5.41, 5.74) is 1.71. The molecule has 2 aromatic carbocycles. The first-order valence-corrected chi connectivity index (χ1v) is 9.66. The van der Waals surface area contributed by atoms with Crippen LogP contribution in [0.4, 0.5) is 0 Å². The molecule has 0 aliphatic carbocycles. The first-order valence-electron chi connectivity index (χ1n) is 9.66. The molecule has 1 aliphatic heterocycles. The van der Waals surface area contributed by atoms with Crippen molar-refractivity contribution >= 4 is 11.8 Å². The van der Waals surface area contributed by atoms with E-state index in [9.17, 15) is 19.7 Å². The van der Waals surface area contributed by atoms with Gasteiger partial charge in [0.1, 0.15) is 19.0 Å². The minimum atomic E-state index is -0.957. The zero-order valence-corrected chi connectivity index (χ0v) is 16.7. The lowest BCUT2D eigenvalue weighted by atomic mass is 10.1. The lowest BCUT2D eigenvalue weighted by Gasteiger charge is -2.20. The van der Waals surface area contributed by atoms with Crippen molar-refractivity contribution < 1.29 is 24.3 Å². The third kappa shape index (κ3) is 5.12. The van der Waals surface area contributed by atoms with Gasteiger partial charge in [-0.2, -0.15) is 0 Å². The molecule has 0 saturated carbocycles. The van der Waals surface area contributed by atoms with Crippen LogP contribution in [-0.4, -0.2) is 59.5 Å². The summed E-state index contributed by atoms with van der Waals surface area (Å²) in [6.45, 7) is 4.36. The first kappa shape index (κ1) is 21.3. The zero-order chi connectivity index (χ0) is 21.5. The summed E-state index contributed by atoms with van der Waals surface area (Å²) in [7, 11) is 0. The van der Waals surface area contributed by atoms with Crippen LogP contribution in [0.1, 0.15) is 33.2 Å². The van der Waals surface area contributed by atoms with Crippen LogP contribution >= 0.6 is 0 Å². The van der Waals surface area contributed by atoms with Crippen molar-refractivity contribution in [3.05, 3.63) is 75.3 Å². The largest absolute Gasteiger partial charge is 0.492 e. The Balaban J connectivity index is 1.55. The number of hydrogen-bond acceptors (Lipinski definition) is 7. The molecule has 0 atom stereocenters. The van der Waals surface area contributed by atoms with Gasteiger partial charge in [0.2, 0.25) is 0 Å². The van der Waals surface area contributed by atoms with Crippen LogP contribution in [0.15, 0.2) is 48.5 Å². The van der Waals surface area contributed by atoms with Crippen molar-refractivity contribution in [2.75, 3.05) is 32.8 Å². The molecule has 2 amide bonds. The maximum atomic E-state index is 12.5. The van der Waals surface area contributed by atoms with Crippen LogP contribution in [-0.2, 0) is 11.4 Å². The quantitative estimate of drug-likeness (QED) is 0.317. The highest BCUT2D eigenvalue weighted by atomic mass is 16.9. The fraction of sp³-hybridized carbons (Fsp3) is 0.333. The topological polar surface area (TPSA) is 102 Å². The number of carbonyl (C=O) groups is 2. The van der Waals surface area contributed by atoms with E-state index in [1.807, 2.05) is 18.2 Å². The average Bonchev–Trinajstić information content (AvgIpc) is 2.98. The number of fused-ring (bicyclic) bond motifs is 1. The van der Waals surface area contributed by atoms with Gasteiger partial charge in [0, 0.05) is 13.1 Å². The van der Waals surface area contributed by atoms with E-state index in [1.54, 1.807) is 12.1 Å². The Morgan fingerprint density at radius 1 is 1.03 bits per heavy atom. The molecule has 1 aliphatic rings. The number of nitrogens with zero attached hydrogens (tertiary/aromatic N) is 3. The minimum Gasteiger partial charge on any atom is -0.492 e. The minimum absolute atomic E-state index is 0.186. The number of benzene rings is 2. The SMILES string of the molecule is CCN(CCOc1ccc2c(c1)C(=O)N(CCO[N+](=O)[O-])C2=O)Cc1ccccc1. The summed E-state index contributed by atoms with van der Waals surface area (Å²) in [4.78, 5) is 42.5. The predicted octanol–water partition coefficient (Wildman–Crippen LogP) is 2.39. The number of hydrogen-bond donors (Lipinski definition) is 0. The average molecular weight is 413 g/mol. The number of ether oxygens (including phenoxy) is 1. The third-order valence-electron chi connectivity index (χ3n) is 4.83. The lowest BCUT2D eigenvalue weighted by molar-refractivity contribution is -0.757. The van der Waals surface area contributed by atoms with E-state index in [1.165, 1.54) is 11.6 Å². The Kier molecular flexibility index (Phi) is 6.97. The second kappa shape index (κ2) is 9.84. The monoisotopic (exact) mass is 413 g/mol. The van der Waals surface area contributed by atoms with Crippen LogP contribution in [0.3, 0.4) is 0 Å². The van der Waals surface area contributed by atoms with Crippen molar-refractivity contribution in [3.8, 4) is 5.75 Å². The third-order valence-corrected chi connectivity index (χ3v) is 4.83. The molecule has 1 heterocycles. The number of rotatable bonds is 11. The van der Waals surface area contributed by atoms with Crippen molar-refractivity contribution in [2.45, 2.75) is 13.5 Å². The van der Waals surface area contributed by atoms with Gasteiger partial charge in [0.05, 0.1) is 17.7 Å². The molecule has 9 heteroatoms. The van der Waals surface area contributed by atoms with Gasteiger partial charge < -0.3 is 9.57 Å². The van der Waals surface area contributed by atoms with Crippen molar-refractivity contribution in [2.24, 2.45) is 0 Å². The second-order valence-corrected chi connectivity index (χ2v) is 6.73. The van der Waals surface area contributed by atoms with Gasteiger partial charge in [-0.05, 0) is 30.3 Å². The summed E-state index contributed by atoms with van der Waals surface area (Å²) in [5, 5.41) is 9.29. The second-order valence-electron chi connectivity index (χ2n) is 6.73. The molecule has 0 fully saturated rings. The summed E-state index contributed by atoms with van der Waals surface area (Å²) in [5.74, 6) is -0.505. The van der Waals surface area contributed by atoms with Gasteiger partial charge in [0.15, 0.2) is 0 Å². The van der Waals surface area contributed by atoms with Crippen LogP contribution in [0.25, 0.3) is 0 Å². The van der Waals surface area contributed by atoms with Gasteiger partial charge in [0.25, 0.3) is 16.9 Å². The molecule has 0 bridgehead atoms. The molecule has 0 spiro atoms. The number of imide groups is 1. The fourth-order valence-electron chi connectivity index (χ4n) is 3.25. The van der Waals surface area contributed by atoms with Crippen molar-refractivity contribution in [3.63, 3.8) is 0 Å². The molecule has 0 unspecified atom stereocenters. The lowest BCUT2D eigenvalue weighted by Crippen LogP contribution is -2.33. The summed E-state index contributed by atoms with van der Waals surface area (Å²) in [6, 6.07) is 14.9. The van der Waals surface area contributed by atoms with E-state index in [0.29, 0.717) is 18.9 Å². The van der Waals surface area contributed by atoms with E-state index in [4.69, 9.17) is 4.74 Å². The van der Waals surface area contributed by atoms with E-state index in [2.05, 4.69) is 28.8 Å². The molecule has 158 valence electrons. The highest BCUT2D eigenvalue weighted by Crippen LogP contribution is 2.26. The highest BCUT2D eigenvalue weighted by molar-refractivity contribution is 6.21. The Morgan fingerprint density at radius 2 is 1.77 bits per heavy atom. The Morgan fingerprint density at radius 3 is 2.47 bits per heavy atom. The first-order chi connectivity index (χ1) is 14.5. The smallest absolute Gasteiger partial charge is 0.294 e. The molecular weight excluding hydrogens is 390 g/mol. The van der Waals surface area contributed by atoms with Gasteiger partial charge in [-0.3, -0.25) is 19.4 Å². The van der Waals surface area contributed by atoms with Gasteiger partial charge >= 0.3 is 0 Å². The van der Waals surface area contributed by atoms with Crippen LogP contribution in [0, 0.1) is 10.1 Å². The predicted molar refractivity (Wildman–Crippen MR) is 108 cm³/mol. The Hall–Kier alpha value is -3.46. The maximum absolute atomic E-state index is 12.5. The summed E-state index contributed by atoms with van der Waals surface area (Å²) < 4.78 is 5.80. The van der Waals surface area contributed by atoms with E-state index < -0.39 is 16.9 Å². The maximum Gasteiger partial charge on any atom is 0.294 e. The zero-order valence-electron chi connectivity index (χ0n) is 16.7. The van der Waals surface area contributed by atoms with Crippen LogP contribution in [0.5, 0.6) is 5.75 Å². The van der Waals surface area contributed by atoms with Crippen molar-refractivity contribution in [1.82, 2.24) is 9.80 Å².